The molecule has 3 nitrogen and oxygen atoms in total. The Kier molecular flexibility index (Phi) is 4.99. The molecule has 0 atom stereocenters. The van der Waals surface area contributed by atoms with Gasteiger partial charge in [-0.3, -0.25) is 9.59 Å². The molecule has 0 fully saturated rings. The minimum atomic E-state index is -0.259. The minimum absolute atomic E-state index is 0.0625. The highest BCUT2D eigenvalue weighted by Crippen LogP contribution is 2.22. The number of benzene rings is 2. The van der Waals surface area contributed by atoms with Gasteiger partial charge >= 0.3 is 0 Å². The van der Waals surface area contributed by atoms with E-state index in [4.69, 9.17) is 27.9 Å². The second-order valence-electron chi connectivity index (χ2n) is 4.42. The van der Waals surface area contributed by atoms with Gasteiger partial charge in [0.25, 0.3) is 0 Å². The number of halogens is 2. The third-order valence-electron chi connectivity index (χ3n) is 2.84. The molecule has 0 aliphatic carbocycles. The Labute approximate surface area is 132 Å². The third kappa shape index (κ3) is 4.06. The summed E-state index contributed by atoms with van der Waals surface area (Å²) in [6.07, 6.45) is 0. The normalized spacial score (nSPS) is 10.2. The van der Waals surface area contributed by atoms with Crippen molar-refractivity contribution in [2.45, 2.75) is 6.92 Å². The van der Waals surface area contributed by atoms with Crippen molar-refractivity contribution in [2.75, 3.05) is 6.61 Å². The molecule has 0 saturated carbocycles. The molecular formula is C16H12Cl2O3. The number of hydrogen-bond donors (Lipinski definition) is 0. The molecule has 2 rings (SSSR count). The van der Waals surface area contributed by atoms with Crippen LogP contribution in [-0.4, -0.2) is 18.2 Å². The fourth-order valence-corrected chi connectivity index (χ4v) is 2.26. The van der Waals surface area contributed by atoms with Crippen LogP contribution in [-0.2, 0) is 0 Å². The predicted octanol–water partition coefficient (Wildman–Crippen LogP) is 4.46. The maximum absolute atomic E-state index is 12.0. The van der Waals surface area contributed by atoms with Gasteiger partial charge in [-0.05, 0) is 37.3 Å². The Morgan fingerprint density at radius 2 is 1.86 bits per heavy atom. The van der Waals surface area contributed by atoms with E-state index < -0.39 is 0 Å². The van der Waals surface area contributed by atoms with Gasteiger partial charge in [-0.15, -0.1) is 0 Å². The van der Waals surface area contributed by atoms with Gasteiger partial charge in [0.05, 0.1) is 5.02 Å². The maximum atomic E-state index is 12.0. The van der Waals surface area contributed by atoms with Crippen molar-refractivity contribution in [1.29, 1.82) is 0 Å². The summed E-state index contributed by atoms with van der Waals surface area (Å²) in [6.45, 7) is 1.31. The molecule has 0 heterocycles. The summed E-state index contributed by atoms with van der Waals surface area (Å²) in [5, 5.41) is 0.750. The first kappa shape index (κ1) is 15.5. The minimum Gasteiger partial charge on any atom is -0.485 e. The molecular weight excluding hydrogens is 311 g/mol. The Morgan fingerprint density at radius 3 is 2.52 bits per heavy atom. The predicted molar refractivity (Wildman–Crippen MR) is 82.7 cm³/mol. The standard InChI is InChI=1S/C16H12Cl2O3/c1-10(19)11-3-2-4-13(7-11)21-9-16(20)14-6-5-12(17)8-15(14)18/h2-8H,9H2,1H3. The van der Waals surface area contributed by atoms with Gasteiger partial charge in [-0.1, -0.05) is 35.3 Å². The summed E-state index contributed by atoms with van der Waals surface area (Å²) in [6, 6.07) is 11.3. The second kappa shape index (κ2) is 6.74. The van der Waals surface area contributed by atoms with Crippen molar-refractivity contribution in [3.8, 4) is 5.75 Å². The summed E-state index contributed by atoms with van der Waals surface area (Å²) >= 11 is 11.8. The number of hydrogen-bond acceptors (Lipinski definition) is 3. The van der Waals surface area contributed by atoms with Crippen molar-refractivity contribution in [3.05, 3.63) is 63.6 Å². The van der Waals surface area contributed by atoms with E-state index in [2.05, 4.69) is 0 Å². The SMILES string of the molecule is CC(=O)c1cccc(OCC(=O)c2ccc(Cl)cc2Cl)c1. The zero-order chi connectivity index (χ0) is 15.4. The summed E-state index contributed by atoms with van der Waals surface area (Å²) in [5.41, 5.74) is 0.883. The Balaban J connectivity index is 2.07. The molecule has 0 aliphatic heterocycles. The van der Waals surface area contributed by atoms with E-state index in [0.29, 0.717) is 21.9 Å². The van der Waals surface area contributed by atoms with Crippen LogP contribution >= 0.6 is 23.2 Å². The zero-order valence-electron chi connectivity index (χ0n) is 11.2. The van der Waals surface area contributed by atoms with E-state index in [0.717, 1.165) is 0 Å². The molecule has 2 aromatic carbocycles. The van der Waals surface area contributed by atoms with E-state index in [1.165, 1.54) is 13.0 Å². The number of rotatable bonds is 5. The van der Waals surface area contributed by atoms with Crippen LogP contribution in [0, 0.1) is 0 Å². The van der Waals surface area contributed by atoms with Gasteiger partial charge in [0.1, 0.15) is 5.75 Å². The van der Waals surface area contributed by atoms with Crippen LogP contribution in [0.3, 0.4) is 0 Å². The van der Waals surface area contributed by atoms with E-state index in [9.17, 15) is 9.59 Å². The Bertz CT molecular complexity index is 696. The van der Waals surface area contributed by atoms with E-state index in [1.807, 2.05) is 0 Å². The molecule has 0 N–H and O–H groups in total. The largest absolute Gasteiger partial charge is 0.485 e. The lowest BCUT2D eigenvalue weighted by molar-refractivity contribution is 0.0921. The zero-order valence-corrected chi connectivity index (χ0v) is 12.7. The van der Waals surface area contributed by atoms with Crippen LogP contribution in [0.1, 0.15) is 27.6 Å². The average molecular weight is 323 g/mol. The van der Waals surface area contributed by atoms with Gasteiger partial charge in [-0.2, -0.15) is 0 Å². The average Bonchev–Trinajstić information content (AvgIpc) is 2.45. The van der Waals surface area contributed by atoms with Gasteiger partial charge in [0.2, 0.25) is 5.78 Å². The van der Waals surface area contributed by atoms with E-state index >= 15 is 0 Å². The molecule has 2 aromatic rings. The molecule has 0 spiro atoms. The van der Waals surface area contributed by atoms with Crippen molar-refractivity contribution in [2.24, 2.45) is 0 Å². The molecule has 21 heavy (non-hydrogen) atoms. The topological polar surface area (TPSA) is 43.4 Å². The highest BCUT2D eigenvalue weighted by molar-refractivity contribution is 6.36. The fraction of sp³-hybridized carbons (Fsp3) is 0.125. The first-order valence-electron chi connectivity index (χ1n) is 6.19. The van der Waals surface area contributed by atoms with Gasteiger partial charge in [-0.25, -0.2) is 0 Å². The van der Waals surface area contributed by atoms with Crippen molar-refractivity contribution in [3.63, 3.8) is 0 Å². The molecule has 5 heteroatoms. The number of ether oxygens (including phenoxy) is 1. The molecule has 108 valence electrons. The molecule has 0 amide bonds. The second-order valence-corrected chi connectivity index (χ2v) is 5.26. The first-order valence-corrected chi connectivity index (χ1v) is 6.95. The lowest BCUT2D eigenvalue weighted by Crippen LogP contribution is -2.12. The maximum Gasteiger partial charge on any atom is 0.201 e. The highest BCUT2D eigenvalue weighted by Gasteiger charge is 2.12. The molecule has 0 aliphatic rings. The van der Waals surface area contributed by atoms with Crippen molar-refractivity contribution < 1.29 is 14.3 Å². The monoisotopic (exact) mass is 322 g/mol. The quantitative estimate of drug-likeness (QED) is 0.763. The van der Waals surface area contributed by atoms with Crippen LogP contribution in [0.15, 0.2) is 42.5 Å². The van der Waals surface area contributed by atoms with Crippen LogP contribution in [0.25, 0.3) is 0 Å². The highest BCUT2D eigenvalue weighted by atomic mass is 35.5. The first-order chi connectivity index (χ1) is 9.97. The lowest BCUT2D eigenvalue weighted by atomic mass is 10.1. The fourth-order valence-electron chi connectivity index (χ4n) is 1.75. The lowest BCUT2D eigenvalue weighted by Gasteiger charge is -2.08. The number of carbonyl (C=O) groups is 2. The van der Waals surface area contributed by atoms with Gasteiger partial charge in [0.15, 0.2) is 12.4 Å². The molecule has 0 unspecified atom stereocenters. The molecule has 0 bridgehead atoms. The Hall–Kier alpha value is -1.84. The van der Waals surface area contributed by atoms with Crippen LogP contribution < -0.4 is 4.74 Å². The smallest absolute Gasteiger partial charge is 0.201 e. The molecule has 0 saturated heterocycles. The van der Waals surface area contributed by atoms with Crippen LogP contribution in [0.2, 0.25) is 10.0 Å². The summed E-state index contributed by atoms with van der Waals surface area (Å²) in [7, 11) is 0. The third-order valence-corrected chi connectivity index (χ3v) is 3.39. The summed E-state index contributed by atoms with van der Waals surface area (Å²) < 4.78 is 5.40. The summed E-state index contributed by atoms with van der Waals surface area (Å²) in [4.78, 5) is 23.3. The van der Waals surface area contributed by atoms with Gasteiger partial charge in [0, 0.05) is 16.1 Å². The molecule has 0 radical (unpaired) electrons. The van der Waals surface area contributed by atoms with Crippen molar-refractivity contribution in [1.82, 2.24) is 0 Å². The number of ketones is 2. The number of carbonyl (C=O) groups excluding carboxylic acids is 2. The summed E-state index contributed by atoms with van der Waals surface area (Å²) in [5.74, 6) is 0.138. The van der Waals surface area contributed by atoms with Crippen molar-refractivity contribution >= 4 is 34.8 Å². The van der Waals surface area contributed by atoms with Gasteiger partial charge < -0.3 is 4.74 Å². The van der Waals surface area contributed by atoms with E-state index in [-0.39, 0.29) is 23.2 Å². The van der Waals surface area contributed by atoms with Crippen LogP contribution in [0.5, 0.6) is 5.75 Å². The molecule has 0 aromatic heterocycles. The Morgan fingerprint density at radius 1 is 1.10 bits per heavy atom. The van der Waals surface area contributed by atoms with Crippen LogP contribution in [0.4, 0.5) is 0 Å². The van der Waals surface area contributed by atoms with E-state index in [1.54, 1.807) is 36.4 Å². The number of Topliss-reactive ketones (excluding diaryl/α,β-unsaturated/α-hetero) is 2.